The second-order valence-corrected chi connectivity index (χ2v) is 5.03. The molecule has 2 aromatic rings. The fraction of sp³-hybridized carbons (Fsp3) is 0.333. The number of benzene rings is 1. The molecule has 5 nitrogen and oxygen atoms in total. The molecule has 20 heavy (non-hydrogen) atoms. The molecule has 0 radical (unpaired) electrons. The maximum atomic E-state index is 12.1. The van der Waals surface area contributed by atoms with Crippen LogP contribution in [0.5, 0.6) is 0 Å². The Morgan fingerprint density at radius 3 is 2.75 bits per heavy atom. The highest BCUT2D eigenvalue weighted by Crippen LogP contribution is 2.19. The highest BCUT2D eigenvalue weighted by molar-refractivity contribution is 5.95. The molecule has 1 aromatic heterocycles. The van der Waals surface area contributed by atoms with Crippen molar-refractivity contribution in [2.75, 3.05) is 11.9 Å². The standard InChI is InChI=1S/C15H18N4O/c20-15(13-3-1-2-8-17-13)19-12-6-4-11(5-7-12)14-9-16-10-18-14/h4-7,9-10,13,17H,1-3,8H2,(H,16,18)(H,19,20)/t13-/m0/s1. The van der Waals surface area contributed by atoms with Crippen molar-refractivity contribution in [3.05, 3.63) is 36.8 Å². The third kappa shape index (κ3) is 2.88. The number of amides is 1. The first kappa shape index (κ1) is 12.9. The first-order chi connectivity index (χ1) is 9.83. The Morgan fingerprint density at radius 1 is 1.25 bits per heavy atom. The number of piperidine rings is 1. The second kappa shape index (κ2) is 5.88. The third-order valence-electron chi connectivity index (χ3n) is 3.59. The minimum absolute atomic E-state index is 0.0546. The largest absolute Gasteiger partial charge is 0.345 e. The molecule has 1 aliphatic rings. The van der Waals surface area contributed by atoms with Crippen molar-refractivity contribution in [3.8, 4) is 11.3 Å². The predicted molar refractivity (Wildman–Crippen MR) is 78.3 cm³/mol. The molecule has 1 saturated heterocycles. The van der Waals surface area contributed by atoms with E-state index in [2.05, 4.69) is 20.6 Å². The van der Waals surface area contributed by atoms with Gasteiger partial charge in [-0.2, -0.15) is 0 Å². The summed E-state index contributed by atoms with van der Waals surface area (Å²) in [6, 6.07) is 7.71. The molecule has 1 aromatic carbocycles. The molecule has 3 N–H and O–H groups in total. The number of aromatic nitrogens is 2. The number of rotatable bonds is 3. The summed E-state index contributed by atoms with van der Waals surface area (Å²) >= 11 is 0. The monoisotopic (exact) mass is 270 g/mol. The van der Waals surface area contributed by atoms with Gasteiger partial charge in [0.05, 0.1) is 24.3 Å². The lowest BCUT2D eigenvalue weighted by molar-refractivity contribution is -0.118. The van der Waals surface area contributed by atoms with E-state index in [1.165, 1.54) is 0 Å². The molecule has 0 aliphatic carbocycles. The van der Waals surface area contributed by atoms with Crippen LogP contribution in [0.25, 0.3) is 11.3 Å². The second-order valence-electron chi connectivity index (χ2n) is 5.03. The van der Waals surface area contributed by atoms with Crippen molar-refractivity contribution >= 4 is 11.6 Å². The predicted octanol–water partition coefficient (Wildman–Crippen LogP) is 2.16. The summed E-state index contributed by atoms with van der Waals surface area (Å²) in [7, 11) is 0. The van der Waals surface area contributed by atoms with Gasteiger partial charge in [-0.1, -0.05) is 18.6 Å². The van der Waals surface area contributed by atoms with E-state index < -0.39 is 0 Å². The highest BCUT2D eigenvalue weighted by Gasteiger charge is 2.20. The summed E-state index contributed by atoms with van der Waals surface area (Å²) < 4.78 is 0. The Labute approximate surface area is 117 Å². The van der Waals surface area contributed by atoms with Crippen LogP contribution in [-0.4, -0.2) is 28.5 Å². The Bertz CT molecular complexity index is 556. The lowest BCUT2D eigenvalue weighted by atomic mass is 10.0. The zero-order valence-electron chi connectivity index (χ0n) is 11.2. The van der Waals surface area contributed by atoms with Crippen LogP contribution in [0.3, 0.4) is 0 Å². The van der Waals surface area contributed by atoms with Crippen LogP contribution in [0, 0.1) is 0 Å². The van der Waals surface area contributed by atoms with Gasteiger partial charge in [0, 0.05) is 5.69 Å². The lowest BCUT2D eigenvalue weighted by Gasteiger charge is -2.22. The molecule has 1 aliphatic heterocycles. The van der Waals surface area contributed by atoms with Crippen molar-refractivity contribution in [2.45, 2.75) is 25.3 Å². The average Bonchev–Trinajstić information content (AvgIpc) is 3.03. The number of hydrogen-bond donors (Lipinski definition) is 3. The number of anilines is 1. The summed E-state index contributed by atoms with van der Waals surface area (Å²) in [5.41, 5.74) is 2.85. The van der Waals surface area contributed by atoms with Crippen LogP contribution in [0.15, 0.2) is 36.8 Å². The number of nitrogens with zero attached hydrogens (tertiary/aromatic N) is 1. The summed E-state index contributed by atoms with van der Waals surface area (Å²) in [4.78, 5) is 19.1. The third-order valence-corrected chi connectivity index (χ3v) is 3.59. The fourth-order valence-electron chi connectivity index (χ4n) is 2.45. The van der Waals surface area contributed by atoms with Gasteiger partial charge in [0.25, 0.3) is 0 Å². The Morgan fingerprint density at radius 2 is 2.10 bits per heavy atom. The zero-order chi connectivity index (χ0) is 13.8. The normalized spacial score (nSPS) is 18.7. The summed E-state index contributed by atoms with van der Waals surface area (Å²) in [6.45, 7) is 0.927. The molecule has 0 spiro atoms. The molecule has 0 bridgehead atoms. The first-order valence-corrected chi connectivity index (χ1v) is 6.96. The van der Waals surface area contributed by atoms with E-state index >= 15 is 0 Å². The molecular weight excluding hydrogens is 252 g/mol. The SMILES string of the molecule is O=C(Nc1ccc(-c2cnc[nH]2)cc1)[C@@H]1CCCCN1. The van der Waals surface area contributed by atoms with Crippen LogP contribution in [0.2, 0.25) is 0 Å². The van der Waals surface area contributed by atoms with Crippen molar-refractivity contribution in [1.29, 1.82) is 0 Å². The number of imidazole rings is 1. The molecular formula is C15H18N4O. The molecule has 0 saturated carbocycles. The van der Waals surface area contributed by atoms with Gasteiger partial charge in [-0.15, -0.1) is 0 Å². The Hall–Kier alpha value is -2.14. The highest BCUT2D eigenvalue weighted by atomic mass is 16.2. The maximum absolute atomic E-state index is 12.1. The summed E-state index contributed by atoms with van der Waals surface area (Å²) in [5, 5.41) is 6.20. The number of H-pyrrole nitrogens is 1. The minimum atomic E-state index is -0.0592. The fourth-order valence-corrected chi connectivity index (χ4v) is 2.45. The van der Waals surface area contributed by atoms with E-state index in [1.54, 1.807) is 12.5 Å². The lowest BCUT2D eigenvalue weighted by Crippen LogP contribution is -2.43. The van der Waals surface area contributed by atoms with Crippen molar-refractivity contribution < 1.29 is 4.79 Å². The summed E-state index contributed by atoms with van der Waals surface area (Å²) in [6.07, 6.45) is 6.61. The van der Waals surface area contributed by atoms with Crippen LogP contribution in [0.4, 0.5) is 5.69 Å². The Balaban J connectivity index is 1.64. The van der Waals surface area contributed by atoms with Gasteiger partial charge in [0.1, 0.15) is 0 Å². The van der Waals surface area contributed by atoms with Crippen LogP contribution >= 0.6 is 0 Å². The Kier molecular flexibility index (Phi) is 3.78. The molecule has 5 heteroatoms. The van der Waals surface area contributed by atoms with Gasteiger partial charge in [-0.25, -0.2) is 4.98 Å². The number of hydrogen-bond acceptors (Lipinski definition) is 3. The number of carbonyl (C=O) groups excluding carboxylic acids is 1. The average molecular weight is 270 g/mol. The van der Waals surface area contributed by atoms with E-state index in [9.17, 15) is 4.79 Å². The smallest absolute Gasteiger partial charge is 0.241 e. The van der Waals surface area contributed by atoms with Gasteiger partial charge < -0.3 is 15.6 Å². The van der Waals surface area contributed by atoms with E-state index in [1.807, 2.05) is 24.3 Å². The molecule has 1 atom stereocenters. The van der Waals surface area contributed by atoms with Gasteiger partial charge >= 0.3 is 0 Å². The van der Waals surface area contributed by atoms with E-state index in [-0.39, 0.29) is 11.9 Å². The molecule has 2 heterocycles. The van der Waals surface area contributed by atoms with Gasteiger partial charge in [-0.05, 0) is 37.1 Å². The van der Waals surface area contributed by atoms with Crippen LogP contribution in [0.1, 0.15) is 19.3 Å². The molecule has 1 fully saturated rings. The molecule has 104 valence electrons. The van der Waals surface area contributed by atoms with E-state index in [0.717, 1.165) is 42.8 Å². The minimum Gasteiger partial charge on any atom is -0.345 e. The zero-order valence-corrected chi connectivity index (χ0v) is 11.2. The van der Waals surface area contributed by atoms with E-state index in [4.69, 9.17) is 0 Å². The number of aromatic amines is 1. The maximum Gasteiger partial charge on any atom is 0.241 e. The van der Waals surface area contributed by atoms with Crippen molar-refractivity contribution in [3.63, 3.8) is 0 Å². The summed E-state index contributed by atoms with van der Waals surface area (Å²) in [5.74, 6) is 0.0546. The molecule has 3 rings (SSSR count). The number of nitrogens with one attached hydrogen (secondary N) is 3. The quantitative estimate of drug-likeness (QED) is 0.800. The topological polar surface area (TPSA) is 69.8 Å². The first-order valence-electron chi connectivity index (χ1n) is 6.96. The van der Waals surface area contributed by atoms with Crippen LogP contribution < -0.4 is 10.6 Å². The van der Waals surface area contributed by atoms with Crippen molar-refractivity contribution in [2.24, 2.45) is 0 Å². The van der Waals surface area contributed by atoms with Gasteiger partial charge in [0.2, 0.25) is 5.91 Å². The van der Waals surface area contributed by atoms with E-state index in [0.29, 0.717) is 0 Å². The van der Waals surface area contributed by atoms with Crippen LogP contribution in [-0.2, 0) is 4.79 Å². The van der Waals surface area contributed by atoms with Gasteiger partial charge in [-0.3, -0.25) is 4.79 Å². The molecule has 1 amide bonds. The number of carbonyl (C=O) groups is 1. The van der Waals surface area contributed by atoms with Crippen molar-refractivity contribution in [1.82, 2.24) is 15.3 Å². The molecule has 0 unspecified atom stereocenters. The van der Waals surface area contributed by atoms with Gasteiger partial charge in [0.15, 0.2) is 0 Å².